The fourth-order valence-corrected chi connectivity index (χ4v) is 2.41. The first-order chi connectivity index (χ1) is 13.0. The SMILES string of the molecule is O=C(CCc1ccc(C(=O)O)cc1)NCCCNC(=O)c1cccc(F)c1. The molecule has 2 aromatic carbocycles. The Morgan fingerprint density at radius 2 is 1.63 bits per heavy atom. The molecule has 0 aliphatic heterocycles. The van der Waals surface area contributed by atoms with Crippen LogP contribution in [0, 0.1) is 5.82 Å². The fraction of sp³-hybridized carbons (Fsp3) is 0.250. The van der Waals surface area contributed by atoms with Gasteiger partial charge in [-0.2, -0.15) is 0 Å². The van der Waals surface area contributed by atoms with E-state index in [4.69, 9.17) is 5.11 Å². The summed E-state index contributed by atoms with van der Waals surface area (Å²) in [6.45, 7) is 0.784. The summed E-state index contributed by atoms with van der Waals surface area (Å²) < 4.78 is 13.1. The van der Waals surface area contributed by atoms with Crippen molar-refractivity contribution in [3.05, 3.63) is 71.0 Å². The predicted octanol–water partition coefficient (Wildman–Crippen LogP) is 2.39. The summed E-state index contributed by atoms with van der Waals surface area (Å²) in [4.78, 5) is 34.4. The first kappa shape index (κ1) is 20.1. The van der Waals surface area contributed by atoms with E-state index in [1.54, 1.807) is 12.1 Å². The Morgan fingerprint density at radius 1 is 0.926 bits per heavy atom. The van der Waals surface area contributed by atoms with Crippen molar-refractivity contribution in [3.63, 3.8) is 0 Å². The summed E-state index contributed by atoms with van der Waals surface area (Å²) in [5.41, 5.74) is 1.36. The number of carboxylic acid groups (broad SMARTS) is 1. The predicted molar refractivity (Wildman–Crippen MR) is 98.1 cm³/mol. The van der Waals surface area contributed by atoms with Gasteiger partial charge in [0.05, 0.1) is 5.56 Å². The molecule has 3 N–H and O–H groups in total. The lowest BCUT2D eigenvalue weighted by Gasteiger charge is -2.07. The Morgan fingerprint density at radius 3 is 2.30 bits per heavy atom. The molecule has 0 aliphatic rings. The second kappa shape index (κ2) is 10.1. The molecule has 27 heavy (non-hydrogen) atoms. The van der Waals surface area contributed by atoms with Crippen molar-refractivity contribution < 1.29 is 23.9 Å². The highest BCUT2D eigenvalue weighted by Gasteiger charge is 2.06. The van der Waals surface area contributed by atoms with E-state index in [1.807, 2.05) is 0 Å². The number of hydrogen-bond donors (Lipinski definition) is 3. The number of carbonyl (C=O) groups is 3. The highest BCUT2D eigenvalue weighted by Crippen LogP contribution is 2.07. The zero-order valence-electron chi connectivity index (χ0n) is 14.7. The molecule has 142 valence electrons. The monoisotopic (exact) mass is 372 g/mol. The van der Waals surface area contributed by atoms with Crippen LogP contribution in [-0.4, -0.2) is 36.0 Å². The average Bonchev–Trinajstić information content (AvgIpc) is 2.66. The standard InChI is InChI=1S/C20H21FN2O4/c21-17-4-1-3-16(13-17)19(25)23-12-2-11-22-18(24)10-7-14-5-8-15(9-6-14)20(26)27/h1,3-6,8-9,13H,2,7,10-12H2,(H,22,24)(H,23,25)(H,26,27). The molecule has 0 fully saturated rings. The van der Waals surface area contributed by atoms with Crippen LogP contribution in [0.2, 0.25) is 0 Å². The molecule has 0 saturated carbocycles. The van der Waals surface area contributed by atoms with Crippen molar-refractivity contribution in [1.29, 1.82) is 0 Å². The highest BCUT2D eigenvalue weighted by molar-refractivity contribution is 5.94. The number of benzene rings is 2. The Kier molecular flexibility index (Phi) is 7.49. The zero-order valence-corrected chi connectivity index (χ0v) is 14.7. The van der Waals surface area contributed by atoms with Crippen LogP contribution in [0.4, 0.5) is 4.39 Å². The van der Waals surface area contributed by atoms with Gasteiger partial charge in [-0.1, -0.05) is 18.2 Å². The number of aryl methyl sites for hydroxylation is 1. The van der Waals surface area contributed by atoms with E-state index >= 15 is 0 Å². The maximum absolute atomic E-state index is 13.1. The molecule has 6 nitrogen and oxygen atoms in total. The van der Waals surface area contributed by atoms with E-state index in [-0.39, 0.29) is 22.9 Å². The number of carboxylic acids is 1. The summed E-state index contributed by atoms with van der Waals surface area (Å²) in [5.74, 6) is -1.92. The van der Waals surface area contributed by atoms with E-state index < -0.39 is 11.8 Å². The maximum atomic E-state index is 13.1. The number of carbonyl (C=O) groups excluding carboxylic acids is 2. The minimum Gasteiger partial charge on any atom is -0.478 e. The average molecular weight is 372 g/mol. The van der Waals surface area contributed by atoms with Gasteiger partial charge in [0.1, 0.15) is 5.82 Å². The molecule has 2 rings (SSSR count). The second-order valence-electron chi connectivity index (χ2n) is 5.97. The van der Waals surface area contributed by atoms with Crippen LogP contribution in [0.15, 0.2) is 48.5 Å². The van der Waals surface area contributed by atoms with Crippen molar-refractivity contribution in [2.75, 3.05) is 13.1 Å². The molecular weight excluding hydrogens is 351 g/mol. The summed E-state index contributed by atoms with van der Waals surface area (Å²) in [6, 6.07) is 11.8. The molecule has 0 aliphatic carbocycles. The smallest absolute Gasteiger partial charge is 0.335 e. The molecular formula is C20H21FN2O4. The summed E-state index contributed by atoms with van der Waals surface area (Å²) >= 11 is 0. The van der Waals surface area contributed by atoms with Crippen molar-refractivity contribution in [3.8, 4) is 0 Å². The van der Waals surface area contributed by atoms with E-state index in [0.717, 1.165) is 5.56 Å². The van der Waals surface area contributed by atoms with Gasteiger partial charge in [0, 0.05) is 25.1 Å². The van der Waals surface area contributed by atoms with Gasteiger partial charge >= 0.3 is 5.97 Å². The van der Waals surface area contributed by atoms with Gasteiger partial charge < -0.3 is 15.7 Å². The summed E-state index contributed by atoms with van der Waals surface area (Å²) in [7, 11) is 0. The van der Waals surface area contributed by atoms with Crippen molar-refractivity contribution >= 4 is 17.8 Å². The normalized spacial score (nSPS) is 10.3. The number of nitrogens with one attached hydrogen (secondary N) is 2. The van der Waals surface area contributed by atoms with E-state index in [2.05, 4.69) is 10.6 Å². The van der Waals surface area contributed by atoms with E-state index in [1.165, 1.54) is 36.4 Å². The molecule has 2 amide bonds. The summed E-state index contributed by atoms with van der Waals surface area (Å²) in [5, 5.41) is 14.3. The van der Waals surface area contributed by atoms with E-state index in [9.17, 15) is 18.8 Å². The third kappa shape index (κ3) is 6.89. The lowest BCUT2D eigenvalue weighted by Crippen LogP contribution is -2.30. The molecule has 0 spiro atoms. The minimum absolute atomic E-state index is 0.117. The third-order valence-electron chi connectivity index (χ3n) is 3.89. The Bertz CT molecular complexity index is 806. The molecule has 0 bridgehead atoms. The molecule has 0 saturated heterocycles. The van der Waals surface area contributed by atoms with Crippen molar-refractivity contribution in [2.24, 2.45) is 0 Å². The molecule has 0 aromatic heterocycles. The van der Waals surface area contributed by atoms with Crippen LogP contribution in [0.1, 0.15) is 39.1 Å². The van der Waals surface area contributed by atoms with Gasteiger partial charge in [0.15, 0.2) is 0 Å². The lowest BCUT2D eigenvalue weighted by atomic mass is 10.1. The Balaban J connectivity index is 1.60. The topological polar surface area (TPSA) is 95.5 Å². The number of aromatic carboxylic acids is 1. The number of rotatable bonds is 9. The third-order valence-corrected chi connectivity index (χ3v) is 3.89. The molecule has 2 aromatic rings. The molecule has 0 unspecified atom stereocenters. The van der Waals surface area contributed by atoms with Gasteiger partial charge in [0.25, 0.3) is 5.91 Å². The minimum atomic E-state index is -0.983. The quantitative estimate of drug-likeness (QED) is 0.589. The summed E-state index contributed by atoms with van der Waals surface area (Å²) in [6.07, 6.45) is 1.37. The van der Waals surface area contributed by atoms with Gasteiger partial charge in [-0.25, -0.2) is 9.18 Å². The van der Waals surface area contributed by atoms with Crippen LogP contribution in [0.25, 0.3) is 0 Å². The number of halogens is 1. The van der Waals surface area contributed by atoms with Gasteiger partial charge in [0.2, 0.25) is 5.91 Å². The van der Waals surface area contributed by atoms with Crippen molar-refractivity contribution in [2.45, 2.75) is 19.3 Å². The number of hydrogen-bond acceptors (Lipinski definition) is 3. The maximum Gasteiger partial charge on any atom is 0.335 e. The van der Waals surface area contributed by atoms with Crippen molar-refractivity contribution in [1.82, 2.24) is 10.6 Å². The van der Waals surface area contributed by atoms with Crippen LogP contribution >= 0.6 is 0 Å². The van der Waals surface area contributed by atoms with Crippen LogP contribution in [0.5, 0.6) is 0 Å². The highest BCUT2D eigenvalue weighted by atomic mass is 19.1. The van der Waals surface area contributed by atoms with E-state index in [0.29, 0.717) is 32.4 Å². The number of amides is 2. The Labute approximate surface area is 156 Å². The first-order valence-electron chi connectivity index (χ1n) is 8.58. The van der Waals surface area contributed by atoms with Gasteiger partial charge in [-0.15, -0.1) is 0 Å². The lowest BCUT2D eigenvalue weighted by molar-refractivity contribution is -0.121. The van der Waals surface area contributed by atoms with Gasteiger partial charge in [-0.05, 0) is 48.7 Å². The van der Waals surface area contributed by atoms with Crippen LogP contribution in [-0.2, 0) is 11.2 Å². The van der Waals surface area contributed by atoms with Crippen LogP contribution < -0.4 is 10.6 Å². The fourth-order valence-electron chi connectivity index (χ4n) is 2.41. The largest absolute Gasteiger partial charge is 0.478 e. The first-order valence-corrected chi connectivity index (χ1v) is 8.58. The molecule has 0 heterocycles. The Hall–Kier alpha value is -3.22. The zero-order chi connectivity index (χ0) is 19.6. The molecule has 7 heteroatoms. The second-order valence-corrected chi connectivity index (χ2v) is 5.97. The molecule has 0 atom stereocenters. The van der Waals surface area contributed by atoms with Gasteiger partial charge in [-0.3, -0.25) is 9.59 Å². The molecule has 0 radical (unpaired) electrons. The van der Waals surface area contributed by atoms with Crippen LogP contribution in [0.3, 0.4) is 0 Å².